The van der Waals surface area contributed by atoms with Gasteiger partial charge >= 0.3 is 6.18 Å². The summed E-state index contributed by atoms with van der Waals surface area (Å²) in [6.07, 6.45) is -1.62. The third-order valence-corrected chi connectivity index (χ3v) is 4.99. The lowest BCUT2D eigenvalue weighted by atomic mass is 9.97. The summed E-state index contributed by atoms with van der Waals surface area (Å²) in [5.41, 5.74) is 3.93. The highest BCUT2D eigenvalue weighted by Gasteiger charge is 2.43. The number of amides is 1. The van der Waals surface area contributed by atoms with Gasteiger partial charge in [-0.25, -0.2) is 4.98 Å². The van der Waals surface area contributed by atoms with Crippen LogP contribution in [0.2, 0.25) is 0 Å². The first-order valence-electron chi connectivity index (χ1n) is 6.45. The molecule has 1 aliphatic carbocycles. The number of primary amides is 1. The molecule has 0 radical (unpaired) electrons. The molecule has 1 amide bonds. The minimum absolute atomic E-state index is 0.106. The number of pyridine rings is 1. The van der Waals surface area contributed by atoms with Crippen molar-refractivity contribution < 1.29 is 18.0 Å². The molecule has 2 rings (SSSR count). The molecule has 0 saturated heterocycles. The van der Waals surface area contributed by atoms with Crippen molar-refractivity contribution in [3.05, 3.63) is 23.9 Å². The molecule has 8 heteroatoms. The summed E-state index contributed by atoms with van der Waals surface area (Å²) < 4.78 is 37.4. The van der Waals surface area contributed by atoms with Gasteiger partial charge in [-0.15, -0.1) is 11.8 Å². The summed E-state index contributed by atoms with van der Waals surface area (Å²) in [7, 11) is 1.69. The molecule has 4 nitrogen and oxygen atoms in total. The van der Waals surface area contributed by atoms with Crippen LogP contribution in [0, 0.1) is 0 Å². The number of carbonyl (C=O) groups excluding carboxylic acids is 1. The fraction of sp³-hybridized carbons (Fsp3) is 0.538. The zero-order chi connectivity index (χ0) is 15.7. The lowest BCUT2D eigenvalue weighted by Gasteiger charge is -2.24. The average molecular weight is 319 g/mol. The molecular weight excluding hydrogens is 303 g/mol. The number of thioether (sulfide) groups is 1. The fourth-order valence-corrected chi connectivity index (χ4v) is 3.67. The minimum Gasteiger partial charge on any atom is -0.368 e. The molecule has 0 bridgehead atoms. The lowest BCUT2D eigenvalue weighted by Crippen LogP contribution is -2.52. The molecule has 2 unspecified atom stereocenters. The molecule has 0 aromatic carbocycles. The highest BCUT2D eigenvalue weighted by atomic mass is 32.2. The quantitative estimate of drug-likeness (QED) is 0.893. The van der Waals surface area contributed by atoms with Crippen molar-refractivity contribution in [1.29, 1.82) is 0 Å². The van der Waals surface area contributed by atoms with Crippen LogP contribution in [0.4, 0.5) is 13.2 Å². The Labute approximate surface area is 124 Å². The standard InChI is InChI=1S/C13H16F3N3OS/c1-18-12(11(17)20)5-4-9(6-12)21-10-3-2-8(7-19-10)13(14,15)16/h2-3,7,9,18H,4-6H2,1H3,(H2,17,20). The second kappa shape index (κ2) is 5.84. The summed E-state index contributed by atoms with van der Waals surface area (Å²) in [4.78, 5) is 15.4. The molecule has 1 saturated carbocycles. The van der Waals surface area contributed by atoms with Gasteiger partial charge in [-0.1, -0.05) is 0 Å². The van der Waals surface area contributed by atoms with E-state index in [1.54, 1.807) is 7.05 Å². The zero-order valence-corrected chi connectivity index (χ0v) is 12.2. The Morgan fingerprint density at radius 1 is 1.52 bits per heavy atom. The fourth-order valence-electron chi connectivity index (χ4n) is 2.46. The predicted octanol–water partition coefficient (Wildman–Crippen LogP) is 2.19. The summed E-state index contributed by atoms with van der Waals surface area (Å²) in [6, 6.07) is 2.38. The van der Waals surface area contributed by atoms with Gasteiger partial charge < -0.3 is 11.1 Å². The Morgan fingerprint density at radius 2 is 2.24 bits per heavy atom. The monoisotopic (exact) mass is 319 g/mol. The van der Waals surface area contributed by atoms with E-state index in [9.17, 15) is 18.0 Å². The maximum Gasteiger partial charge on any atom is 0.417 e. The van der Waals surface area contributed by atoms with E-state index < -0.39 is 23.2 Å². The smallest absolute Gasteiger partial charge is 0.368 e. The highest BCUT2D eigenvalue weighted by Crippen LogP contribution is 2.40. The van der Waals surface area contributed by atoms with Crippen molar-refractivity contribution in [2.45, 2.75) is 41.3 Å². The molecule has 1 fully saturated rings. The number of alkyl halides is 3. The molecule has 116 valence electrons. The van der Waals surface area contributed by atoms with E-state index in [-0.39, 0.29) is 5.25 Å². The number of nitrogens with zero attached hydrogens (tertiary/aromatic N) is 1. The zero-order valence-electron chi connectivity index (χ0n) is 11.4. The number of likely N-dealkylation sites (N-methyl/N-ethyl adjacent to an activating group) is 1. The largest absolute Gasteiger partial charge is 0.417 e. The van der Waals surface area contributed by atoms with Gasteiger partial charge in [-0.3, -0.25) is 4.79 Å². The highest BCUT2D eigenvalue weighted by molar-refractivity contribution is 7.99. The van der Waals surface area contributed by atoms with E-state index in [1.807, 2.05) is 0 Å². The maximum atomic E-state index is 12.5. The van der Waals surface area contributed by atoms with Gasteiger partial charge in [-0.2, -0.15) is 13.2 Å². The van der Waals surface area contributed by atoms with E-state index in [1.165, 1.54) is 17.8 Å². The van der Waals surface area contributed by atoms with Crippen LogP contribution < -0.4 is 11.1 Å². The van der Waals surface area contributed by atoms with Gasteiger partial charge in [0.1, 0.15) is 0 Å². The summed E-state index contributed by atoms with van der Waals surface area (Å²) >= 11 is 1.38. The Balaban J connectivity index is 2.02. The Morgan fingerprint density at radius 3 is 2.67 bits per heavy atom. The topological polar surface area (TPSA) is 68.0 Å². The van der Waals surface area contributed by atoms with Gasteiger partial charge in [0, 0.05) is 11.4 Å². The van der Waals surface area contributed by atoms with Crippen LogP contribution in [-0.2, 0) is 11.0 Å². The average Bonchev–Trinajstić information content (AvgIpc) is 2.83. The lowest BCUT2D eigenvalue weighted by molar-refractivity contribution is -0.137. The Bertz CT molecular complexity index is 520. The van der Waals surface area contributed by atoms with Gasteiger partial charge in [0.25, 0.3) is 0 Å². The first kappa shape index (κ1) is 16.1. The maximum absolute atomic E-state index is 12.5. The molecule has 0 aliphatic heterocycles. The van der Waals surface area contributed by atoms with Crippen molar-refractivity contribution in [2.75, 3.05) is 7.05 Å². The summed E-state index contributed by atoms with van der Waals surface area (Å²) in [5.74, 6) is -0.395. The van der Waals surface area contributed by atoms with Gasteiger partial charge in [0.2, 0.25) is 5.91 Å². The number of rotatable bonds is 4. The normalized spacial score (nSPS) is 26.0. The van der Waals surface area contributed by atoms with Crippen molar-refractivity contribution >= 4 is 17.7 Å². The van der Waals surface area contributed by atoms with Crippen LogP contribution in [0.15, 0.2) is 23.4 Å². The third-order valence-electron chi connectivity index (χ3n) is 3.77. The summed E-state index contributed by atoms with van der Waals surface area (Å²) in [5, 5.41) is 3.59. The Kier molecular flexibility index (Phi) is 4.48. The molecule has 1 aromatic heterocycles. The van der Waals surface area contributed by atoms with E-state index in [0.29, 0.717) is 17.9 Å². The van der Waals surface area contributed by atoms with Crippen LogP contribution in [0.5, 0.6) is 0 Å². The number of carbonyl (C=O) groups is 1. The molecule has 1 aliphatic rings. The van der Waals surface area contributed by atoms with Crippen LogP contribution in [0.1, 0.15) is 24.8 Å². The number of halogens is 3. The van der Waals surface area contributed by atoms with Crippen LogP contribution in [0.3, 0.4) is 0 Å². The predicted molar refractivity (Wildman–Crippen MR) is 73.7 cm³/mol. The number of hydrogen-bond acceptors (Lipinski definition) is 4. The second-order valence-electron chi connectivity index (χ2n) is 5.06. The Hall–Kier alpha value is -1.28. The SMILES string of the molecule is CNC1(C(N)=O)CCC(Sc2ccc(C(F)(F)F)cn2)C1. The van der Waals surface area contributed by atoms with E-state index in [4.69, 9.17) is 5.73 Å². The molecule has 2 atom stereocenters. The molecule has 1 aromatic rings. The molecular formula is C13H16F3N3OS. The van der Waals surface area contributed by atoms with Gasteiger partial charge in [0.15, 0.2) is 0 Å². The van der Waals surface area contributed by atoms with Gasteiger partial charge in [0.05, 0.1) is 16.1 Å². The van der Waals surface area contributed by atoms with E-state index in [2.05, 4.69) is 10.3 Å². The first-order chi connectivity index (χ1) is 9.77. The van der Waals surface area contributed by atoms with Crippen LogP contribution in [-0.4, -0.2) is 28.7 Å². The van der Waals surface area contributed by atoms with Crippen LogP contribution >= 0.6 is 11.8 Å². The van der Waals surface area contributed by atoms with Gasteiger partial charge in [-0.05, 0) is 38.4 Å². The van der Waals surface area contributed by atoms with E-state index in [0.717, 1.165) is 18.7 Å². The molecule has 1 heterocycles. The summed E-state index contributed by atoms with van der Waals surface area (Å²) in [6.45, 7) is 0. The van der Waals surface area contributed by atoms with Crippen LogP contribution in [0.25, 0.3) is 0 Å². The van der Waals surface area contributed by atoms with Crippen molar-refractivity contribution in [2.24, 2.45) is 5.73 Å². The van der Waals surface area contributed by atoms with Crippen molar-refractivity contribution in [1.82, 2.24) is 10.3 Å². The molecule has 21 heavy (non-hydrogen) atoms. The number of nitrogens with one attached hydrogen (secondary N) is 1. The number of hydrogen-bond donors (Lipinski definition) is 2. The first-order valence-corrected chi connectivity index (χ1v) is 7.33. The molecule has 3 N–H and O–H groups in total. The third kappa shape index (κ3) is 3.49. The second-order valence-corrected chi connectivity index (χ2v) is 6.38. The van der Waals surface area contributed by atoms with Crippen molar-refractivity contribution in [3.63, 3.8) is 0 Å². The number of aromatic nitrogens is 1. The minimum atomic E-state index is -4.38. The van der Waals surface area contributed by atoms with Crippen molar-refractivity contribution in [3.8, 4) is 0 Å². The molecule has 0 spiro atoms. The van der Waals surface area contributed by atoms with E-state index >= 15 is 0 Å². The number of nitrogens with two attached hydrogens (primary N) is 1.